The van der Waals surface area contributed by atoms with Crippen LogP contribution in [0.2, 0.25) is 0 Å². The molecule has 1 aromatic heterocycles. The van der Waals surface area contributed by atoms with E-state index in [0.29, 0.717) is 27.7 Å². The SMILES string of the molecule is CCOC(=O)c1c(-c2ccc(F)cc2)oc2cc(C)c([C@@H](C)OC(=O)[C@](C)(OC)c3cccc4ccccc34)cc12. The molecule has 2 atom stereocenters. The van der Waals surface area contributed by atoms with E-state index >= 15 is 0 Å². The van der Waals surface area contributed by atoms with E-state index in [-0.39, 0.29) is 17.9 Å². The number of fused-ring (bicyclic) bond motifs is 2. The Bertz CT molecular complexity index is 1750. The zero-order valence-corrected chi connectivity index (χ0v) is 23.6. The van der Waals surface area contributed by atoms with Gasteiger partial charge in [0.25, 0.3) is 0 Å². The van der Waals surface area contributed by atoms with Gasteiger partial charge in [-0.25, -0.2) is 14.0 Å². The van der Waals surface area contributed by atoms with Gasteiger partial charge in [-0.3, -0.25) is 0 Å². The highest BCUT2D eigenvalue weighted by Crippen LogP contribution is 2.39. The van der Waals surface area contributed by atoms with Gasteiger partial charge in [-0.1, -0.05) is 42.5 Å². The summed E-state index contributed by atoms with van der Waals surface area (Å²) >= 11 is 0. The molecule has 0 aliphatic carbocycles. The molecule has 5 aromatic rings. The zero-order valence-electron chi connectivity index (χ0n) is 23.6. The maximum absolute atomic E-state index is 13.7. The van der Waals surface area contributed by atoms with E-state index in [1.165, 1.54) is 19.2 Å². The molecular weight excluding hydrogens is 523 g/mol. The first kappa shape index (κ1) is 28.1. The second kappa shape index (κ2) is 11.2. The summed E-state index contributed by atoms with van der Waals surface area (Å²) in [5.41, 5.74) is 2.06. The fourth-order valence-electron chi connectivity index (χ4n) is 5.19. The van der Waals surface area contributed by atoms with Crippen LogP contribution in [0.25, 0.3) is 33.1 Å². The second-order valence-electron chi connectivity index (χ2n) is 10.1. The normalized spacial score (nSPS) is 13.6. The van der Waals surface area contributed by atoms with E-state index in [1.54, 1.807) is 45.0 Å². The molecule has 0 aliphatic rings. The molecule has 0 spiro atoms. The number of hydrogen-bond acceptors (Lipinski definition) is 6. The van der Waals surface area contributed by atoms with E-state index in [1.807, 2.05) is 49.4 Å². The number of halogens is 1. The predicted octanol–water partition coefficient (Wildman–Crippen LogP) is 8.04. The van der Waals surface area contributed by atoms with Crippen molar-refractivity contribution in [1.82, 2.24) is 0 Å². The van der Waals surface area contributed by atoms with Crippen molar-refractivity contribution in [3.63, 3.8) is 0 Å². The number of benzene rings is 4. The third-order valence-electron chi connectivity index (χ3n) is 7.49. The third-order valence-corrected chi connectivity index (χ3v) is 7.49. The largest absolute Gasteiger partial charge is 0.462 e. The lowest BCUT2D eigenvalue weighted by Gasteiger charge is -2.29. The molecule has 4 aromatic carbocycles. The minimum absolute atomic E-state index is 0.171. The molecule has 1 heterocycles. The Morgan fingerprint density at radius 2 is 1.68 bits per heavy atom. The van der Waals surface area contributed by atoms with Crippen LogP contribution < -0.4 is 0 Å². The van der Waals surface area contributed by atoms with Crippen molar-refractivity contribution in [2.75, 3.05) is 13.7 Å². The summed E-state index contributed by atoms with van der Waals surface area (Å²) in [7, 11) is 1.49. The van der Waals surface area contributed by atoms with Gasteiger partial charge >= 0.3 is 11.9 Å². The smallest absolute Gasteiger partial charge is 0.343 e. The van der Waals surface area contributed by atoms with Gasteiger partial charge in [-0.15, -0.1) is 0 Å². The van der Waals surface area contributed by atoms with Crippen molar-refractivity contribution < 1.29 is 32.6 Å². The summed E-state index contributed by atoms with van der Waals surface area (Å²) < 4.78 is 36.9. The minimum Gasteiger partial charge on any atom is -0.462 e. The predicted molar refractivity (Wildman–Crippen MR) is 155 cm³/mol. The topological polar surface area (TPSA) is 75.0 Å². The van der Waals surface area contributed by atoms with Gasteiger partial charge in [0, 0.05) is 23.6 Å². The molecule has 0 fully saturated rings. The van der Waals surface area contributed by atoms with Crippen LogP contribution in [0.4, 0.5) is 4.39 Å². The van der Waals surface area contributed by atoms with Gasteiger partial charge in [0.2, 0.25) is 0 Å². The molecule has 0 bridgehead atoms. The first-order chi connectivity index (χ1) is 19.7. The van der Waals surface area contributed by atoms with Crippen LogP contribution in [-0.4, -0.2) is 25.7 Å². The first-order valence-electron chi connectivity index (χ1n) is 13.4. The number of carbonyl (C=O) groups is 2. The lowest BCUT2D eigenvalue weighted by atomic mass is 9.90. The third kappa shape index (κ3) is 5.09. The highest BCUT2D eigenvalue weighted by atomic mass is 19.1. The Balaban J connectivity index is 1.55. The molecule has 0 N–H and O–H groups in total. The van der Waals surface area contributed by atoms with Gasteiger partial charge in [0.15, 0.2) is 5.60 Å². The van der Waals surface area contributed by atoms with Gasteiger partial charge < -0.3 is 18.6 Å². The molecule has 5 rings (SSSR count). The van der Waals surface area contributed by atoms with E-state index < -0.39 is 29.5 Å². The molecule has 0 aliphatic heterocycles. The van der Waals surface area contributed by atoms with Crippen molar-refractivity contribution in [1.29, 1.82) is 0 Å². The van der Waals surface area contributed by atoms with Crippen molar-refractivity contribution in [2.45, 2.75) is 39.4 Å². The summed E-state index contributed by atoms with van der Waals surface area (Å²) in [4.78, 5) is 26.8. The van der Waals surface area contributed by atoms with Crippen LogP contribution in [-0.2, 0) is 24.6 Å². The number of aryl methyl sites for hydroxylation is 1. The van der Waals surface area contributed by atoms with Crippen LogP contribution in [0.1, 0.15) is 53.9 Å². The van der Waals surface area contributed by atoms with E-state index in [4.69, 9.17) is 18.6 Å². The monoisotopic (exact) mass is 554 g/mol. The van der Waals surface area contributed by atoms with Crippen LogP contribution in [0.5, 0.6) is 0 Å². The Morgan fingerprint density at radius 3 is 2.39 bits per heavy atom. The Hall–Kier alpha value is -4.49. The standard InChI is InChI=1S/C34H31FO6/c1-6-39-32(36)30-27-19-26(20(2)18-29(27)41-31(30)23-14-16-24(35)17-15-23)21(3)40-33(37)34(4,38-5)28-13-9-11-22-10-7-8-12-25(22)28/h7-19,21H,6H2,1-5H3/t21-,34-/m1/s1. The van der Waals surface area contributed by atoms with Crippen molar-refractivity contribution in [2.24, 2.45) is 0 Å². The van der Waals surface area contributed by atoms with Gasteiger partial charge in [-0.2, -0.15) is 0 Å². The average Bonchev–Trinajstić information content (AvgIpc) is 3.34. The van der Waals surface area contributed by atoms with E-state index in [9.17, 15) is 14.0 Å². The maximum Gasteiger partial charge on any atom is 0.343 e. The molecule has 0 saturated carbocycles. The number of methoxy groups -OCH3 is 1. The number of esters is 2. The number of ether oxygens (including phenoxy) is 3. The maximum atomic E-state index is 13.7. The summed E-state index contributed by atoms with van der Waals surface area (Å²) in [5, 5.41) is 2.39. The summed E-state index contributed by atoms with van der Waals surface area (Å²) in [6, 6.07) is 22.8. The van der Waals surface area contributed by atoms with Gasteiger partial charge in [0.1, 0.15) is 28.8 Å². The number of carbonyl (C=O) groups excluding carboxylic acids is 2. The molecule has 7 heteroatoms. The summed E-state index contributed by atoms with van der Waals surface area (Å²) in [5.74, 6) is -1.23. The Labute approximate surface area is 237 Å². The number of furan rings is 1. The second-order valence-corrected chi connectivity index (χ2v) is 10.1. The van der Waals surface area contributed by atoms with E-state index in [0.717, 1.165) is 16.3 Å². The Kier molecular flexibility index (Phi) is 7.65. The quantitative estimate of drug-likeness (QED) is 0.181. The summed E-state index contributed by atoms with van der Waals surface area (Å²) in [6.45, 7) is 7.24. The molecule has 210 valence electrons. The molecule has 6 nitrogen and oxygen atoms in total. The zero-order chi connectivity index (χ0) is 29.3. The Morgan fingerprint density at radius 1 is 0.976 bits per heavy atom. The average molecular weight is 555 g/mol. The fourth-order valence-corrected chi connectivity index (χ4v) is 5.19. The molecule has 0 saturated heterocycles. The first-order valence-corrected chi connectivity index (χ1v) is 13.4. The fraction of sp³-hybridized carbons (Fsp3) is 0.235. The highest BCUT2D eigenvalue weighted by molar-refractivity contribution is 6.09. The molecular formula is C34H31FO6. The molecule has 41 heavy (non-hydrogen) atoms. The van der Waals surface area contributed by atoms with Crippen molar-refractivity contribution in [3.05, 3.63) is 107 Å². The molecule has 0 amide bonds. The van der Waals surface area contributed by atoms with Crippen molar-refractivity contribution in [3.8, 4) is 11.3 Å². The molecule has 0 radical (unpaired) electrons. The molecule has 0 unspecified atom stereocenters. The lowest BCUT2D eigenvalue weighted by Crippen LogP contribution is -2.37. The summed E-state index contributed by atoms with van der Waals surface area (Å²) in [6.07, 6.45) is -0.685. The van der Waals surface area contributed by atoms with Crippen LogP contribution in [0, 0.1) is 12.7 Å². The van der Waals surface area contributed by atoms with Gasteiger partial charge in [0.05, 0.1) is 6.61 Å². The van der Waals surface area contributed by atoms with Crippen LogP contribution >= 0.6 is 0 Å². The van der Waals surface area contributed by atoms with Crippen LogP contribution in [0.3, 0.4) is 0 Å². The van der Waals surface area contributed by atoms with Crippen molar-refractivity contribution >= 4 is 33.7 Å². The van der Waals surface area contributed by atoms with E-state index in [2.05, 4.69) is 0 Å². The number of rotatable bonds is 8. The minimum atomic E-state index is -1.37. The number of hydrogen-bond donors (Lipinski definition) is 0. The highest BCUT2D eigenvalue weighted by Gasteiger charge is 2.39. The van der Waals surface area contributed by atoms with Gasteiger partial charge in [-0.05, 0) is 86.0 Å². The van der Waals surface area contributed by atoms with Crippen LogP contribution in [0.15, 0.2) is 83.3 Å². The lowest BCUT2D eigenvalue weighted by molar-refractivity contribution is -0.173.